The van der Waals surface area contributed by atoms with Crippen LogP contribution in [0.4, 0.5) is 4.39 Å². The number of nitrogens with zero attached hydrogens (tertiary/aromatic N) is 1. The minimum atomic E-state index is -3.19. The van der Waals surface area contributed by atoms with Crippen molar-refractivity contribution in [1.82, 2.24) is 4.31 Å². The second kappa shape index (κ2) is 3.79. The number of hydrogen-bond donors (Lipinski definition) is 0. The molecule has 1 saturated heterocycles. The second-order valence-electron chi connectivity index (χ2n) is 3.49. The Bertz CT molecular complexity index is 276. The summed E-state index contributed by atoms with van der Waals surface area (Å²) in [6, 6.07) is 0. The van der Waals surface area contributed by atoms with Gasteiger partial charge in [-0.05, 0) is 13.1 Å². The van der Waals surface area contributed by atoms with E-state index in [0.29, 0.717) is 21.5 Å². The quantitative estimate of drug-likeness (QED) is 0.650. The third kappa shape index (κ3) is 2.20. The highest BCUT2D eigenvalue weighted by molar-refractivity contribution is 7.89. The zero-order chi connectivity index (χ0) is 10.1. The molecule has 0 aromatic rings. The summed E-state index contributed by atoms with van der Waals surface area (Å²) in [4.78, 5) is 0. The average Bonchev–Trinajstić information content (AvgIpc) is 2.10. The van der Waals surface area contributed by atoms with E-state index in [2.05, 4.69) is 0 Å². The van der Waals surface area contributed by atoms with Crippen molar-refractivity contribution in [2.75, 3.05) is 32.7 Å². The van der Waals surface area contributed by atoms with Crippen molar-refractivity contribution < 1.29 is 12.8 Å². The van der Waals surface area contributed by atoms with Crippen LogP contribution in [0, 0.1) is 0 Å². The standard InChI is InChI=1S/C7H15FNO2PS/c1-9-4-3-7(5-8,12-2)6-13(9,10)11/h12H,3-6H2,1-2H3. The van der Waals surface area contributed by atoms with Crippen LogP contribution in [-0.4, -0.2) is 50.6 Å². The predicted octanol–water partition coefficient (Wildman–Crippen LogP) is 0.668. The van der Waals surface area contributed by atoms with Crippen molar-refractivity contribution in [2.24, 2.45) is 0 Å². The van der Waals surface area contributed by atoms with Crippen molar-refractivity contribution in [2.45, 2.75) is 11.6 Å². The van der Waals surface area contributed by atoms with E-state index >= 15 is 0 Å². The first kappa shape index (κ1) is 11.3. The third-order valence-electron chi connectivity index (χ3n) is 2.62. The number of hydrogen-bond acceptors (Lipinski definition) is 2. The Morgan fingerprint density at radius 3 is 2.62 bits per heavy atom. The van der Waals surface area contributed by atoms with Crippen molar-refractivity contribution in [3.63, 3.8) is 0 Å². The first-order valence-electron chi connectivity index (χ1n) is 4.15. The van der Waals surface area contributed by atoms with Crippen LogP contribution in [0.2, 0.25) is 0 Å². The van der Waals surface area contributed by atoms with Gasteiger partial charge in [-0.25, -0.2) is 12.7 Å². The van der Waals surface area contributed by atoms with Gasteiger partial charge in [0.2, 0.25) is 10.0 Å². The first-order valence-corrected chi connectivity index (χ1v) is 7.26. The van der Waals surface area contributed by atoms with Gasteiger partial charge in [-0.15, -0.1) is 8.58 Å². The molecule has 0 radical (unpaired) electrons. The zero-order valence-corrected chi connectivity index (χ0v) is 9.69. The summed E-state index contributed by atoms with van der Waals surface area (Å²) in [6.07, 6.45) is 0.647. The van der Waals surface area contributed by atoms with Crippen molar-refractivity contribution in [1.29, 1.82) is 0 Å². The van der Waals surface area contributed by atoms with Crippen LogP contribution < -0.4 is 0 Å². The molecular formula is C7H15FNO2PS. The molecule has 0 aliphatic carbocycles. The minimum Gasteiger partial charge on any atom is -0.250 e. The van der Waals surface area contributed by atoms with Gasteiger partial charge in [0.25, 0.3) is 0 Å². The molecule has 0 N–H and O–H groups in total. The smallest absolute Gasteiger partial charge is 0.214 e. The summed E-state index contributed by atoms with van der Waals surface area (Å²) < 4.78 is 37.0. The van der Waals surface area contributed by atoms with Crippen LogP contribution in [0.5, 0.6) is 0 Å². The summed E-state index contributed by atoms with van der Waals surface area (Å²) in [5, 5.41) is -0.592. The maximum absolute atomic E-state index is 12.7. The van der Waals surface area contributed by atoms with E-state index in [1.807, 2.05) is 6.66 Å². The summed E-state index contributed by atoms with van der Waals surface area (Å²) in [6.45, 7) is 1.81. The maximum Gasteiger partial charge on any atom is 0.214 e. The third-order valence-corrected chi connectivity index (χ3v) is 6.55. The van der Waals surface area contributed by atoms with Crippen molar-refractivity contribution in [3.05, 3.63) is 0 Å². The number of rotatable bonds is 2. The van der Waals surface area contributed by atoms with Gasteiger partial charge in [0.1, 0.15) is 0 Å². The SMILES string of the molecule is CPC1(CF)CCN(C)S(=O)(=O)C1. The topological polar surface area (TPSA) is 37.4 Å². The summed E-state index contributed by atoms with van der Waals surface area (Å²) in [5.74, 6) is -0.0258. The lowest BCUT2D eigenvalue weighted by Crippen LogP contribution is -2.48. The van der Waals surface area contributed by atoms with E-state index in [1.165, 1.54) is 4.31 Å². The molecular weight excluding hydrogens is 212 g/mol. The molecule has 1 fully saturated rings. The lowest BCUT2D eigenvalue weighted by Gasteiger charge is -2.37. The van der Waals surface area contributed by atoms with E-state index in [0.717, 1.165) is 0 Å². The van der Waals surface area contributed by atoms with Crippen LogP contribution in [0.25, 0.3) is 0 Å². The van der Waals surface area contributed by atoms with Crippen LogP contribution >= 0.6 is 8.58 Å². The van der Waals surface area contributed by atoms with Gasteiger partial charge < -0.3 is 0 Å². The van der Waals surface area contributed by atoms with Crippen LogP contribution in [-0.2, 0) is 10.0 Å². The maximum atomic E-state index is 12.7. The highest BCUT2D eigenvalue weighted by atomic mass is 32.2. The molecule has 1 heterocycles. The van der Waals surface area contributed by atoms with Crippen molar-refractivity contribution in [3.8, 4) is 0 Å². The van der Waals surface area contributed by atoms with Crippen molar-refractivity contribution >= 4 is 18.6 Å². The Labute approximate surface area is 80.5 Å². The second-order valence-corrected chi connectivity index (χ2v) is 7.13. The largest absolute Gasteiger partial charge is 0.250 e. The fourth-order valence-electron chi connectivity index (χ4n) is 1.41. The molecule has 1 aliphatic rings. The lowest BCUT2D eigenvalue weighted by molar-refractivity contribution is 0.337. The Balaban J connectivity index is 2.87. The van der Waals surface area contributed by atoms with E-state index in [4.69, 9.17) is 0 Å². The van der Waals surface area contributed by atoms with Gasteiger partial charge in [-0.1, -0.05) is 0 Å². The van der Waals surface area contributed by atoms with Crippen LogP contribution in [0.1, 0.15) is 6.42 Å². The number of halogens is 1. The number of sulfonamides is 1. The Kier molecular flexibility index (Phi) is 3.31. The van der Waals surface area contributed by atoms with Crippen LogP contribution in [0.15, 0.2) is 0 Å². The molecule has 0 aromatic heterocycles. The molecule has 78 valence electrons. The average molecular weight is 227 g/mol. The highest BCUT2D eigenvalue weighted by Gasteiger charge is 2.40. The Morgan fingerprint density at radius 1 is 1.62 bits per heavy atom. The highest BCUT2D eigenvalue weighted by Crippen LogP contribution is 2.38. The molecule has 0 spiro atoms. The van der Waals surface area contributed by atoms with E-state index in [1.54, 1.807) is 7.05 Å². The molecule has 6 heteroatoms. The molecule has 1 rings (SSSR count). The van der Waals surface area contributed by atoms with E-state index in [-0.39, 0.29) is 5.75 Å². The minimum absolute atomic E-state index is 0.0258. The predicted molar refractivity (Wildman–Crippen MR) is 54.0 cm³/mol. The van der Waals surface area contributed by atoms with E-state index < -0.39 is 21.9 Å². The molecule has 2 unspecified atom stereocenters. The Hall–Kier alpha value is 0.270. The summed E-state index contributed by atoms with van der Waals surface area (Å²) in [5.41, 5.74) is 0. The lowest BCUT2D eigenvalue weighted by atomic mass is 10.1. The number of alkyl halides is 1. The summed E-state index contributed by atoms with van der Waals surface area (Å²) >= 11 is 0. The molecule has 0 aromatic carbocycles. The fourth-order valence-corrected chi connectivity index (χ4v) is 4.54. The normalized spacial score (nSPS) is 35.6. The zero-order valence-electron chi connectivity index (χ0n) is 7.88. The molecule has 0 saturated carbocycles. The molecule has 0 bridgehead atoms. The molecule has 1 aliphatic heterocycles. The fraction of sp³-hybridized carbons (Fsp3) is 1.00. The van der Waals surface area contributed by atoms with Gasteiger partial charge in [-0.2, -0.15) is 0 Å². The van der Waals surface area contributed by atoms with Crippen LogP contribution in [0.3, 0.4) is 0 Å². The van der Waals surface area contributed by atoms with Gasteiger partial charge in [-0.3, -0.25) is 4.39 Å². The molecule has 0 amide bonds. The Morgan fingerprint density at radius 2 is 2.23 bits per heavy atom. The molecule has 13 heavy (non-hydrogen) atoms. The molecule has 2 atom stereocenters. The molecule has 3 nitrogen and oxygen atoms in total. The van der Waals surface area contributed by atoms with Gasteiger partial charge in [0, 0.05) is 18.7 Å². The van der Waals surface area contributed by atoms with Gasteiger partial charge in [0.15, 0.2) is 0 Å². The monoisotopic (exact) mass is 227 g/mol. The van der Waals surface area contributed by atoms with Gasteiger partial charge >= 0.3 is 0 Å². The first-order chi connectivity index (χ1) is 5.96. The summed E-state index contributed by atoms with van der Waals surface area (Å²) in [7, 11) is -1.29. The van der Waals surface area contributed by atoms with E-state index in [9.17, 15) is 12.8 Å². The van der Waals surface area contributed by atoms with Gasteiger partial charge in [0.05, 0.1) is 12.4 Å².